The molecule has 0 radical (unpaired) electrons. The standard InChI is InChI=1S/C20H15ClN2S/c1-2-24-20-18(13-22)17(14-8-10-16(21)11-9-14)12-19(23-20)15-6-4-3-5-7-15/h3-12H,2H2,1H3. The van der Waals surface area contributed by atoms with Crippen LogP contribution >= 0.6 is 23.4 Å². The van der Waals surface area contributed by atoms with Crippen molar-refractivity contribution in [1.29, 1.82) is 5.26 Å². The fourth-order valence-electron chi connectivity index (χ4n) is 2.48. The molecule has 0 saturated carbocycles. The zero-order valence-electron chi connectivity index (χ0n) is 13.2. The quantitative estimate of drug-likeness (QED) is 0.537. The van der Waals surface area contributed by atoms with Gasteiger partial charge in [-0.3, -0.25) is 0 Å². The summed E-state index contributed by atoms with van der Waals surface area (Å²) >= 11 is 7.59. The Balaban J connectivity index is 2.24. The van der Waals surface area contributed by atoms with Gasteiger partial charge in [0.1, 0.15) is 11.1 Å². The molecule has 24 heavy (non-hydrogen) atoms. The van der Waals surface area contributed by atoms with E-state index in [1.54, 1.807) is 11.8 Å². The topological polar surface area (TPSA) is 36.7 Å². The molecule has 0 fully saturated rings. The Bertz CT molecular complexity index is 884. The number of nitrogens with zero attached hydrogens (tertiary/aromatic N) is 2. The van der Waals surface area contributed by atoms with Gasteiger partial charge in [-0.05, 0) is 29.5 Å². The number of nitriles is 1. The van der Waals surface area contributed by atoms with Crippen LogP contribution in [0.3, 0.4) is 0 Å². The molecule has 118 valence electrons. The van der Waals surface area contributed by atoms with E-state index in [4.69, 9.17) is 16.6 Å². The molecule has 1 heterocycles. The first-order valence-electron chi connectivity index (χ1n) is 7.62. The highest BCUT2D eigenvalue weighted by molar-refractivity contribution is 7.99. The van der Waals surface area contributed by atoms with E-state index in [0.29, 0.717) is 10.6 Å². The van der Waals surface area contributed by atoms with E-state index < -0.39 is 0 Å². The van der Waals surface area contributed by atoms with Crippen LogP contribution in [0.4, 0.5) is 0 Å². The van der Waals surface area contributed by atoms with E-state index in [1.807, 2.05) is 60.7 Å². The molecular formula is C20H15ClN2S. The second kappa shape index (κ2) is 7.53. The lowest BCUT2D eigenvalue weighted by molar-refractivity contribution is 1.12. The summed E-state index contributed by atoms with van der Waals surface area (Å²) in [7, 11) is 0. The Morgan fingerprint density at radius 2 is 1.75 bits per heavy atom. The molecule has 0 aliphatic carbocycles. The molecule has 3 rings (SSSR count). The zero-order valence-corrected chi connectivity index (χ0v) is 14.7. The first kappa shape index (κ1) is 16.6. The Hall–Kier alpha value is -2.28. The molecule has 0 saturated heterocycles. The predicted octanol–water partition coefficient (Wildman–Crippen LogP) is 6.05. The lowest BCUT2D eigenvalue weighted by Gasteiger charge is -2.12. The van der Waals surface area contributed by atoms with E-state index in [2.05, 4.69) is 13.0 Å². The molecule has 0 atom stereocenters. The van der Waals surface area contributed by atoms with Gasteiger partial charge in [0, 0.05) is 16.1 Å². The number of hydrogen-bond acceptors (Lipinski definition) is 3. The number of hydrogen-bond donors (Lipinski definition) is 0. The summed E-state index contributed by atoms with van der Waals surface area (Å²) in [5.74, 6) is 0.861. The van der Waals surface area contributed by atoms with Gasteiger partial charge >= 0.3 is 0 Å². The van der Waals surface area contributed by atoms with Gasteiger partial charge in [-0.2, -0.15) is 5.26 Å². The molecule has 4 heteroatoms. The van der Waals surface area contributed by atoms with Crippen LogP contribution in [0.1, 0.15) is 12.5 Å². The van der Waals surface area contributed by atoms with Gasteiger partial charge in [-0.15, -0.1) is 11.8 Å². The molecule has 0 aliphatic rings. The molecule has 1 aromatic heterocycles. The van der Waals surface area contributed by atoms with Crippen LogP contribution in [0.2, 0.25) is 5.02 Å². The average molecular weight is 351 g/mol. The molecule has 2 nitrogen and oxygen atoms in total. The normalized spacial score (nSPS) is 10.4. The van der Waals surface area contributed by atoms with Crippen molar-refractivity contribution in [2.75, 3.05) is 5.75 Å². The maximum absolute atomic E-state index is 9.67. The third kappa shape index (κ3) is 3.46. The van der Waals surface area contributed by atoms with E-state index >= 15 is 0 Å². The first-order valence-corrected chi connectivity index (χ1v) is 8.98. The van der Waals surface area contributed by atoms with Crippen LogP contribution in [0.5, 0.6) is 0 Å². The monoisotopic (exact) mass is 350 g/mol. The first-order chi connectivity index (χ1) is 11.7. The van der Waals surface area contributed by atoms with Crippen LogP contribution < -0.4 is 0 Å². The van der Waals surface area contributed by atoms with Crippen molar-refractivity contribution in [2.24, 2.45) is 0 Å². The minimum Gasteiger partial charge on any atom is -0.240 e. The summed E-state index contributed by atoms with van der Waals surface area (Å²) in [4.78, 5) is 4.72. The highest BCUT2D eigenvalue weighted by Crippen LogP contribution is 2.34. The zero-order chi connectivity index (χ0) is 16.9. The Kier molecular flexibility index (Phi) is 5.20. The van der Waals surface area contributed by atoms with E-state index in [-0.39, 0.29) is 0 Å². The minimum atomic E-state index is 0.615. The number of aromatic nitrogens is 1. The van der Waals surface area contributed by atoms with Gasteiger partial charge in [-0.1, -0.05) is 61.0 Å². The van der Waals surface area contributed by atoms with Crippen LogP contribution in [0.15, 0.2) is 65.7 Å². The second-order valence-corrected chi connectivity index (χ2v) is 6.84. The predicted molar refractivity (Wildman–Crippen MR) is 101 cm³/mol. The second-order valence-electron chi connectivity index (χ2n) is 5.15. The number of rotatable bonds is 4. The number of halogens is 1. The molecule has 3 aromatic rings. The maximum atomic E-state index is 9.67. The highest BCUT2D eigenvalue weighted by Gasteiger charge is 2.15. The van der Waals surface area contributed by atoms with Crippen molar-refractivity contribution >= 4 is 23.4 Å². The van der Waals surface area contributed by atoms with Gasteiger partial charge < -0.3 is 0 Å². The SMILES string of the molecule is CCSc1nc(-c2ccccc2)cc(-c2ccc(Cl)cc2)c1C#N. The van der Waals surface area contributed by atoms with Gasteiger partial charge in [0.25, 0.3) is 0 Å². The van der Waals surface area contributed by atoms with Crippen LogP contribution in [0.25, 0.3) is 22.4 Å². The highest BCUT2D eigenvalue weighted by atomic mass is 35.5. The number of benzene rings is 2. The summed E-state index contributed by atoms with van der Waals surface area (Å²) in [6.45, 7) is 2.06. The molecular weight excluding hydrogens is 336 g/mol. The van der Waals surface area contributed by atoms with Gasteiger partial charge in [0.2, 0.25) is 0 Å². The lowest BCUT2D eigenvalue weighted by atomic mass is 9.99. The largest absolute Gasteiger partial charge is 0.240 e. The Labute approximate surface area is 151 Å². The van der Waals surface area contributed by atoms with Gasteiger partial charge in [0.05, 0.1) is 11.3 Å². The van der Waals surface area contributed by atoms with Crippen molar-refractivity contribution in [3.8, 4) is 28.5 Å². The molecule has 0 bridgehead atoms. The molecule has 0 N–H and O–H groups in total. The Morgan fingerprint density at radius 3 is 2.38 bits per heavy atom. The van der Waals surface area contributed by atoms with Crippen molar-refractivity contribution in [3.05, 3.63) is 71.2 Å². The van der Waals surface area contributed by atoms with Crippen molar-refractivity contribution in [2.45, 2.75) is 11.9 Å². The van der Waals surface area contributed by atoms with Crippen molar-refractivity contribution in [3.63, 3.8) is 0 Å². The summed E-state index contributed by atoms with van der Waals surface area (Å²) in [5, 5.41) is 11.1. The number of thioether (sulfide) groups is 1. The van der Waals surface area contributed by atoms with E-state index in [9.17, 15) is 5.26 Å². The fourth-order valence-corrected chi connectivity index (χ4v) is 3.35. The van der Waals surface area contributed by atoms with Crippen LogP contribution in [-0.4, -0.2) is 10.7 Å². The van der Waals surface area contributed by atoms with Gasteiger partial charge in [0.15, 0.2) is 0 Å². The molecule has 0 aliphatic heterocycles. The minimum absolute atomic E-state index is 0.615. The lowest BCUT2D eigenvalue weighted by Crippen LogP contribution is -1.96. The van der Waals surface area contributed by atoms with Crippen LogP contribution in [-0.2, 0) is 0 Å². The molecule has 2 aromatic carbocycles. The van der Waals surface area contributed by atoms with Crippen LogP contribution in [0, 0.1) is 11.3 Å². The molecule has 0 amide bonds. The third-order valence-electron chi connectivity index (χ3n) is 3.60. The Morgan fingerprint density at radius 1 is 1.04 bits per heavy atom. The fraction of sp³-hybridized carbons (Fsp3) is 0.100. The van der Waals surface area contributed by atoms with Crippen molar-refractivity contribution in [1.82, 2.24) is 4.98 Å². The summed E-state index contributed by atoms with van der Waals surface area (Å²) in [6, 6.07) is 21.9. The molecule has 0 unspecified atom stereocenters. The number of pyridine rings is 1. The summed E-state index contributed by atoms with van der Waals surface area (Å²) < 4.78 is 0. The van der Waals surface area contributed by atoms with Gasteiger partial charge in [-0.25, -0.2) is 4.98 Å². The summed E-state index contributed by atoms with van der Waals surface area (Å²) in [5.41, 5.74) is 4.38. The third-order valence-corrected chi connectivity index (χ3v) is 4.71. The molecule has 0 spiro atoms. The summed E-state index contributed by atoms with van der Waals surface area (Å²) in [6.07, 6.45) is 0. The maximum Gasteiger partial charge on any atom is 0.115 e. The van der Waals surface area contributed by atoms with E-state index in [0.717, 1.165) is 33.2 Å². The van der Waals surface area contributed by atoms with Crippen molar-refractivity contribution < 1.29 is 0 Å². The smallest absolute Gasteiger partial charge is 0.115 e. The average Bonchev–Trinajstić information content (AvgIpc) is 2.63. The van der Waals surface area contributed by atoms with E-state index in [1.165, 1.54) is 0 Å².